The molecule has 18 heavy (non-hydrogen) atoms. The van der Waals surface area contributed by atoms with Gasteiger partial charge in [0.25, 0.3) is 0 Å². The Hall–Kier alpha value is -1.40. The molecule has 0 unspecified atom stereocenters. The van der Waals surface area contributed by atoms with Gasteiger partial charge in [0, 0.05) is 4.88 Å². The van der Waals surface area contributed by atoms with Gasteiger partial charge < -0.3 is 14.9 Å². The number of hydrogen-bond acceptors (Lipinski definition) is 4. The molecule has 0 aliphatic heterocycles. The predicted molar refractivity (Wildman–Crippen MR) is 69.0 cm³/mol. The van der Waals surface area contributed by atoms with Crippen LogP contribution in [-0.4, -0.2) is 34.4 Å². The van der Waals surface area contributed by atoms with Gasteiger partial charge >= 0.3 is 11.9 Å². The van der Waals surface area contributed by atoms with Gasteiger partial charge in [0.1, 0.15) is 6.61 Å². The summed E-state index contributed by atoms with van der Waals surface area (Å²) in [5.74, 6) is -1.69. The first-order valence-corrected chi connectivity index (χ1v) is 6.18. The van der Waals surface area contributed by atoms with Crippen molar-refractivity contribution in [2.75, 3.05) is 6.61 Å². The molecule has 2 N–H and O–H groups in total. The van der Waals surface area contributed by atoms with Gasteiger partial charge in [-0.05, 0) is 32.2 Å². The number of rotatable bonds is 4. The third-order valence-electron chi connectivity index (χ3n) is 1.53. The van der Waals surface area contributed by atoms with Crippen molar-refractivity contribution in [2.24, 2.45) is 0 Å². The summed E-state index contributed by atoms with van der Waals surface area (Å²) in [6.07, 6.45) is 0.150. The highest BCUT2D eigenvalue weighted by Crippen LogP contribution is 2.08. The summed E-state index contributed by atoms with van der Waals surface area (Å²) >= 11 is 1.47. The summed E-state index contributed by atoms with van der Waals surface area (Å²) in [6, 6.07) is 3.67. The number of ether oxygens (including phenoxy) is 1. The van der Waals surface area contributed by atoms with Crippen LogP contribution in [0.5, 0.6) is 0 Å². The zero-order chi connectivity index (χ0) is 14.2. The number of carbonyl (C=O) groups is 2. The summed E-state index contributed by atoms with van der Waals surface area (Å²) in [5.41, 5.74) is -0.349. The van der Waals surface area contributed by atoms with Crippen LogP contribution >= 0.6 is 11.3 Å². The van der Waals surface area contributed by atoms with E-state index in [-0.39, 0.29) is 18.6 Å². The lowest BCUT2D eigenvalue weighted by atomic mass is 10.2. The molecule has 1 rings (SSSR count). The summed E-state index contributed by atoms with van der Waals surface area (Å²) < 4.78 is 4.89. The fourth-order valence-corrected chi connectivity index (χ4v) is 1.54. The fraction of sp³-hybridized carbons (Fsp3) is 0.500. The second kappa shape index (κ2) is 7.84. The van der Waals surface area contributed by atoms with Crippen LogP contribution in [-0.2, 0) is 20.7 Å². The molecule has 1 heterocycles. The van der Waals surface area contributed by atoms with Crippen LogP contribution in [0, 0.1) is 0 Å². The van der Waals surface area contributed by atoms with E-state index in [2.05, 4.69) is 0 Å². The first kappa shape index (κ1) is 16.6. The summed E-state index contributed by atoms with van der Waals surface area (Å²) in [4.78, 5) is 20.9. The topological polar surface area (TPSA) is 83.8 Å². The van der Waals surface area contributed by atoms with Crippen LogP contribution in [0.4, 0.5) is 0 Å². The summed E-state index contributed by atoms with van der Waals surface area (Å²) in [7, 11) is 0. The van der Waals surface area contributed by atoms with Gasteiger partial charge in [0.05, 0.1) is 12.0 Å². The number of hydrogen-bond donors (Lipinski definition) is 2. The molecule has 0 aliphatic rings. The zero-order valence-electron chi connectivity index (χ0n) is 10.7. The molecule has 6 heteroatoms. The molecule has 0 saturated carbocycles. The highest BCUT2D eigenvalue weighted by molar-refractivity contribution is 7.10. The summed E-state index contributed by atoms with van der Waals surface area (Å²) in [6.45, 7) is 5.23. The van der Waals surface area contributed by atoms with E-state index in [1.165, 1.54) is 11.3 Å². The molecule has 0 aliphatic carbocycles. The van der Waals surface area contributed by atoms with Crippen LogP contribution in [0.25, 0.3) is 0 Å². The highest BCUT2D eigenvalue weighted by Gasteiger charge is 2.11. The molecule has 0 bridgehead atoms. The van der Waals surface area contributed by atoms with E-state index in [1.54, 1.807) is 0 Å². The van der Waals surface area contributed by atoms with Gasteiger partial charge in [-0.1, -0.05) is 6.07 Å². The zero-order valence-corrected chi connectivity index (χ0v) is 11.5. The third kappa shape index (κ3) is 11.1. The van der Waals surface area contributed by atoms with E-state index in [0.29, 0.717) is 0 Å². The molecule has 5 nitrogen and oxygen atoms in total. The third-order valence-corrected chi connectivity index (χ3v) is 2.41. The normalized spacial score (nSPS) is 10.4. The van der Waals surface area contributed by atoms with Crippen molar-refractivity contribution in [3.05, 3.63) is 22.4 Å². The molecular formula is C12H18O5S. The lowest BCUT2D eigenvalue weighted by molar-refractivity contribution is -0.147. The van der Waals surface area contributed by atoms with Gasteiger partial charge in [-0.15, -0.1) is 11.3 Å². The second-order valence-corrected chi connectivity index (χ2v) is 5.48. The smallest absolute Gasteiger partial charge is 0.329 e. The molecule has 1 aromatic heterocycles. The van der Waals surface area contributed by atoms with E-state index < -0.39 is 11.9 Å². The molecule has 0 fully saturated rings. The Balaban J connectivity index is 0.000000321. The van der Waals surface area contributed by atoms with Crippen molar-refractivity contribution in [1.82, 2.24) is 0 Å². The molecule has 0 spiro atoms. The van der Waals surface area contributed by atoms with Gasteiger partial charge in [0.2, 0.25) is 0 Å². The average molecular weight is 274 g/mol. The Morgan fingerprint density at radius 1 is 1.28 bits per heavy atom. The van der Waals surface area contributed by atoms with Crippen LogP contribution in [0.15, 0.2) is 17.5 Å². The Bertz CT molecular complexity index is 364. The molecule has 102 valence electrons. The first-order valence-electron chi connectivity index (χ1n) is 5.30. The fourth-order valence-electron chi connectivity index (χ4n) is 0.840. The second-order valence-electron chi connectivity index (χ2n) is 4.44. The minimum Gasteiger partial charge on any atom is -0.481 e. The van der Waals surface area contributed by atoms with E-state index in [9.17, 15) is 9.59 Å². The Morgan fingerprint density at radius 3 is 2.17 bits per heavy atom. The molecule has 0 saturated heterocycles. The summed E-state index contributed by atoms with van der Waals surface area (Å²) in [5, 5.41) is 18.3. The Kier molecular flexibility index (Phi) is 7.23. The highest BCUT2D eigenvalue weighted by atomic mass is 32.1. The predicted octanol–water partition coefficient (Wildman–Crippen LogP) is 2.26. The van der Waals surface area contributed by atoms with Crippen molar-refractivity contribution in [2.45, 2.75) is 32.8 Å². The maximum absolute atomic E-state index is 10.1. The minimum absolute atomic E-state index is 0.150. The molecule has 1 aromatic rings. The van der Waals surface area contributed by atoms with Gasteiger partial charge in [-0.25, -0.2) is 4.79 Å². The molecule has 0 aromatic carbocycles. The van der Waals surface area contributed by atoms with Crippen molar-refractivity contribution in [3.63, 3.8) is 0 Å². The number of carboxylic acids is 2. The number of aliphatic carboxylic acids is 2. The van der Waals surface area contributed by atoms with Crippen molar-refractivity contribution >= 4 is 23.3 Å². The van der Waals surface area contributed by atoms with Gasteiger partial charge in [0.15, 0.2) is 0 Å². The van der Waals surface area contributed by atoms with Gasteiger partial charge in [-0.3, -0.25) is 4.79 Å². The first-order chi connectivity index (χ1) is 8.20. The average Bonchev–Trinajstić information content (AvgIpc) is 2.66. The lowest BCUT2D eigenvalue weighted by Crippen LogP contribution is -2.23. The maximum atomic E-state index is 10.1. The van der Waals surface area contributed by atoms with E-state index in [0.717, 1.165) is 4.88 Å². The molecule has 0 radical (unpaired) electrons. The molecular weight excluding hydrogens is 256 g/mol. The monoisotopic (exact) mass is 274 g/mol. The van der Waals surface area contributed by atoms with Gasteiger partial charge in [-0.2, -0.15) is 0 Å². The SMILES string of the molecule is CC(C)(C)OCC(=O)O.O=C(O)Cc1cccs1. The van der Waals surface area contributed by atoms with Crippen LogP contribution in [0.1, 0.15) is 25.6 Å². The van der Waals surface area contributed by atoms with E-state index in [1.807, 2.05) is 38.3 Å². The van der Waals surface area contributed by atoms with Crippen LogP contribution in [0.2, 0.25) is 0 Å². The maximum Gasteiger partial charge on any atom is 0.329 e. The van der Waals surface area contributed by atoms with E-state index in [4.69, 9.17) is 14.9 Å². The van der Waals surface area contributed by atoms with Crippen LogP contribution < -0.4 is 0 Å². The van der Waals surface area contributed by atoms with Crippen molar-refractivity contribution in [3.8, 4) is 0 Å². The number of carboxylic acid groups (broad SMARTS) is 2. The standard InChI is InChI=1S/C6H12O3.C6H6O2S/c1-6(2,3)9-4-5(7)8;7-6(8)4-5-2-1-3-9-5/h4H2,1-3H3,(H,7,8);1-3H,4H2,(H,7,8). The minimum atomic E-state index is -0.926. The van der Waals surface area contributed by atoms with Crippen LogP contribution in [0.3, 0.4) is 0 Å². The molecule has 0 amide bonds. The van der Waals surface area contributed by atoms with E-state index >= 15 is 0 Å². The largest absolute Gasteiger partial charge is 0.481 e. The lowest BCUT2D eigenvalue weighted by Gasteiger charge is -2.17. The quantitative estimate of drug-likeness (QED) is 0.879. The van der Waals surface area contributed by atoms with Crippen molar-refractivity contribution in [1.29, 1.82) is 0 Å². The Morgan fingerprint density at radius 2 is 1.89 bits per heavy atom. The molecule has 0 atom stereocenters. The van der Waals surface area contributed by atoms with Crippen molar-refractivity contribution < 1.29 is 24.5 Å². The Labute approximate surface area is 110 Å². The number of thiophene rings is 1.